The van der Waals surface area contributed by atoms with Gasteiger partial charge >= 0.3 is 0 Å². The van der Waals surface area contributed by atoms with Crippen LogP contribution in [0.4, 0.5) is 0 Å². The van der Waals surface area contributed by atoms with E-state index in [2.05, 4.69) is 39.7 Å². The first-order chi connectivity index (χ1) is 7.75. The van der Waals surface area contributed by atoms with E-state index in [1.54, 1.807) is 17.5 Å². The Hall–Kier alpha value is -1.26. The molecule has 2 rings (SSSR count). The molecule has 0 aliphatic rings. The highest BCUT2D eigenvalue weighted by Gasteiger charge is 2.05. The second-order valence-corrected chi connectivity index (χ2v) is 4.69. The van der Waals surface area contributed by atoms with Crippen LogP contribution in [0.5, 0.6) is 0 Å². The molecule has 0 aromatic carbocycles. The van der Waals surface area contributed by atoms with Gasteiger partial charge in [-0.1, -0.05) is 6.07 Å². The zero-order valence-electron chi connectivity index (χ0n) is 9.47. The Morgan fingerprint density at radius 2 is 2.31 bits per heavy atom. The fourth-order valence-electron chi connectivity index (χ4n) is 1.50. The summed E-state index contributed by atoms with van der Waals surface area (Å²) in [5.74, 6) is 0.822. The number of hydrogen-bond donors (Lipinski definition) is 1. The van der Waals surface area contributed by atoms with E-state index >= 15 is 0 Å². The smallest absolute Gasteiger partial charge is 0.125 e. The van der Waals surface area contributed by atoms with E-state index in [1.807, 2.05) is 13.0 Å². The number of hydrogen-bond acceptors (Lipinski definition) is 4. The summed E-state index contributed by atoms with van der Waals surface area (Å²) in [5, 5.41) is 5.55. The van der Waals surface area contributed by atoms with Crippen LogP contribution < -0.4 is 5.32 Å². The monoisotopic (exact) mass is 233 g/mol. The molecule has 2 aromatic heterocycles. The van der Waals surface area contributed by atoms with E-state index in [0.717, 1.165) is 18.1 Å². The molecule has 0 saturated heterocycles. The Kier molecular flexibility index (Phi) is 3.64. The van der Waals surface area contributed by atoms with Gasteiger partial charge in [-0.15, -0.1) is 11.3 Å². The van der Waals surface area contributed by atoms with Crippen molar-refractivity contribution in [2.24, 2.45) is 0 Å². The van der Waals surface area contributed by atoms with Gasteiger partial charge in [-0.2, -0.15) is 0 Å². The minimum Gasteiger partial charge on any atom is -0.304 e. The summed E-state index contributed by atoms with van der Waals surface area (Å²) in [5.41, 5.74) is 1.04. The zero-order valence-corrected chi connectivity index (χ0v) is 10.3. The third-order valence-electron chi connectivity index (χ3n) is 2.39. The van der Waals surface area contributed by atoms with E-state index in [0.29, 0.717) is 6.04 Å². The lowest BCUT2D eigenvalue weighted by atomic mass is 10.2. The average molecular weight is 233 g/mol. The molecule has 0 fully saturated rings. The molecule has 3 nitrogen and oxygen atoms in total. The minimum absolute atomic E-state index is 0.371. The fraction of sp³-hybridized carbons (Fsp3) is 0.333. The molecular formula is C12H15N3S. The predicted octanol–water partition coefficient (Wildman–Crippen LogP) is 2.70. The first-order valence-electron chi connectivity index (χ1n) is 5.31. The standard InChI is InChI=1S/C12H15N3S/c1-9(12-4-3-7-16-12)14-8-11-5-6-13-10(2)15-11/h3-7,9,14H,8H2,1-2H3. The Morgan fingerprint density at radius 1 is 1.44 bits per heavy atom. The highest BCUT2D eigenvalue weighted by atomic mass is 32.1. The van der Waals surface area contributed by atoms with Crippen LogP contribution in [0.2, 0.25) is 0 Å². The van der Waals surface area contributed by atoms with Crippen molar-refractivity contribution in [2.45, 2.75) is 26.4 Å². The molecule has 0 saturated carbocycles. The summed E-state index contributed by atoms with van der Waals surface area (Å²) in [6.45, 7) is 4.86. The van der Waals surface area contributed by atoms with Crippen molar-refractivity contribution in [3.05, 3.63) is 46.2 Å². The molecule has 1 atom stereocenters. The van der Waals surface area contributed by atoms with Gasteiger partial charge in [-0.3, -0.25) is 0 Å². The summed E-state index contributed by atoms with van der Waals surface area (Å²) in [6, 6.07) is 6.54. The molecule has 84 valence electrons. The Bertz CT molecular complexity index is 439. The molecule has 2 aromatic rings. The highest BCUT2D eigenvalue weighted by Crippen LogP contribution is 2.18. The molecule has 0 radical (unpaired) electrons. The van der Waals surface area contributed by atoms with Crippen LogP contribution in [0.1, 0.15) is 29.4 Å². The van der Waals surface area contributed by atoms with Gasteiger partial charge in [0.05, 0.1) is 5.69 Å². The van der Waals surface area contributed by atoms with Crippen molar-refractivity contribution >= 4 is 11.3 Å². The molecule has 0 amide bonds. The SMILES string of the molecule is Cc1nccc(CNC(C)c2cccs2)n1. The van der Waals surface area contributed by atoms with E-state index in [-0.39, 0.29) is 0 Å². The van der Waals surface area contributed by atoms with Crippen molar-refractivity contribution in [3.8, 4) is 0 Å². The Labute approximate surface area is 99.6 Å². The van der Waals surface area contributed by atoms with Gasteiger partial charge in [0.1, 0.15) is 5.82 Å². The Morgan fingerprint density at radius 3 is 3.00 bits per heavy atom. The molecule has 2 heterocycles. The molecule has 16 heavy (non-hydrogen) atoms. The van der Waals surface area contributed by atoms with Gasteiger partial charge in [0.25, 0.3) is 0 Å². The second kappa shape index (κ2) is 5.18. The van der Waals surface area contributed by atoms with Gasteiger partial charge < -0.3 is 5.32 Å². The molecule has 1 unspecified atom stereocenters. The van der Waals surface area contributed by atoms with Crippen molar-refractivity contribution < 1.29 is 0 Å². The van der Waals surface area contributed by atoms with Gasteiger partial charge in [0.15, 0.2) is 0 Å². The first kappa shape index (κ1) is 11.2. The lowest BCUT2D eigenvalue weighted by Gasteiger charge is -2.11. The van der Waals surface area contributed by atoms with E-state index in [4.69, 9.17) is 0 Å². The van der Waals surface area contributed by atoms with Crippen LogP contribution in [0.25, 0.3) is 0 Å². The van der Waals surface area contributed by atoms with Gasteiger partial charge in [-0.25, -0.2) is 9.97 Å². The van der Waals surface area contributed by atoms with Crippen LogP contribution in [-0.4, -0.2) is 9.97 Å². The van der Waals surface area contributed by atoms with Crippen LogP contribution in [0.15, 0.2) is 29.8 Å². The zero-order chi connectivity index (χ0) is 11.4. The summed E-state index contributed by atoms with van der Waals surface area (Å²) in [6.07, 6.45) is 1.80. The number of aryl methyl sites for hydroxylation is 1. The first-order valence-corrected chi connectivity index (χ1v) is 6.19. The third-order valence-corrected chi connectivity index (χ3v) is 3.45. The molecule has 0 aliphatic carbocycles. The molecule has 0 spiro atoms. The second-order valence-electron chi connectivity index (χ2n) is 3.71. The Balaban J connectivity index is 1.92. The topological polar surface area (TPSA) is 37.8 Å². The molecule has 4 heteroatoms. The van der Waals surface area contributed by atoms with E-state index in [1.165, 1.54) is 4.88 Å². The summed E-state index contributed by atoms with van der Waals surface area (Å²) >= 11 is 1.77. The number of rotatable bonds is 4. The summed E-state index contributed by atoms with van der Waals surface area (Å²) < 4.78 is 0. The van der Waals surface area contributed by atoms with Crippen molar-refractivity contribution in [1.29, 1.82) is 0 Å². The number of thiophene rings is 1. The maximum absolute atomic E-state index is 4.36. The molecule has 0 bridgehead atoms. The van der Waals surface area contributed by atoms with Crippen LogP contribution in [0, 0.1) is 6.92 Å². The normalized spacial score (nSPS) is 12.6. The molecular weight excluding hydrogens is 218 g/mol. The average Bonchev–Trinajstić information content (AvgIpc) is 2.79. The van der Waals surface area contributed by atoms with Gasteiger partial charge in [0, 0.05) is 23.7 Å². The summed E-state index contributed by atoms with van der Waals surface area (Å²) in [4.78, 5) is 9.79. The van der Waals surface area contributed by atoms with Crippen LogP contribution >= 0.6 is 11.3 Å². The highest BCUT2D eigenvalue weighted by molar-refractivity contribution is 7.10. The van der Waals surface area contributed by atoms with E-state index < -0.39 is 0 Å². The lowest BCUT2D eigenvalue weighted by molar-refractivity contribution is 0.574. The van der Waals surface area contributed by atoms with Gasteiger partial charge in [0.2, 0.25) is 0 Å². The minimum atomic E-state index is 0.371. The quantitative estimate of drug-likeness (QED) is 0.882. The van der Waals surface area contributed by atoms with E-state index in [9.17, 15) is 0 Å². The summed E-state index contributed by atoms with van der Waals surface area (Å²) in [7, 11) is 0. The number of nitrogens with one attached hydrogen (secondary N) is 1. The van der Waals surface area contributed by atoms with Crippen LogP contribution in [0.3, 0.4) is 0 Å². The van der Waals surface area contributed by atoms with Gasteiger partial charge in [-0.05, 0) is 31.4 Å². The third kappa shape index (κ3) is 2.87. The maximum atomic E-state index is 4.36. The van der Waals surface area contributed by atoms with Crippen molar-refractivity contribution in [1.82, 2.24) is 15.3 Å². The fourth-order valence-corrected chi connectivity index (χ4v) is 2.26. The number of nitrogens with zero attached hydrogens (tertiary/aromatic N) is 2. The van der Waals surface area contributed by atoms with Crippen molar-refractivity contribution in [2.75, 3.05) is 0 Å². The largest absolute Gasteiger partial charge is 0.304 e. The molecule has 0 aliphatic heterocycles. The maximum Gasteiger partial charge on any atom is 0.125 e. The van der Waals surface area contributed by atoms with Crippen LogP contribution in [-0.2, 0) is 6.54 Å². The number of aromatic nitrogens is 2. The predicted molar refractivity (Wildman–Crippen MR) is 66.3 cm³/mol. The molecule has 1 N–H and O–H groups in total. The van der Waals surface area contributed by atoms with Crippen molar-refractivity contribution in [3.63, 3.8) is 0 Å². The lowest BCUT2D eigenvalue weighted by Crippen LogP contribution is -2.18.